The highest BCUT2D eigenvalue weighted by molar-refractivity contribution is 7.99. The third-order valence-electron chi connectivity index (χ3n) is 3.75. The molecule has 1 aliphatic rings. The quantitative estimate of drug-likeness (QED) is 0.592. The zero-order valence-electron chi connectivity index (χ0n) is 12.9. The Kier molecular flexibility index (Phi) is 9.25. The van der Waals surface area contributed by atoms with E-state index in [0.29, 0.717) is 18.2 Å². The van der Waals surface area contributed by atoms with Crippen molar-refractivity contribution in [2.45, 2.75) is 24.2 Å². The van der Waals surface area contributed by atoms with Gasteiger partial charge in [-0.2, -0.15) is 0 Å². The van der Waals surface area contributed by atoms with Gasteiger partial charge in [0.25, 0.3) is 0 Å². The van der Waals surface area contributed by atoms with Gasteiger partial charge < -0.3 is 10.2 Å². The molecular formula is C16H24Cl2N2OS. The van der Waals surface area contributed by atoms with Gasteiger partial charge in [-0.1, -0.05) is 11.6 Å². The third kappa shape index (κ3) is 6.37. The number of amides is 1. The molecule has 124 valence electrons. The van der Waals surface area contributed by atoms with Gasteiger partial charge in [0.15, 0.2) is 0 Å². The van der Waals surface area contributed by atoms with Gasteiger partial charge in [-0.15, -0.1) is 24.2 Å². The Bertz CT molecular complexity index is 456. The van der Waals surface area contributed by atoms with Crippen molar-refractivity contribution in [3.8, 4) is 0 Å². The minimum absolute atomic E-state index is 0. The summed E-state index contributed by atoms with van der Waals surface area (Å²) in [4.78, 5) is 15.4. The summed E-state index contributed by atoms with van der Waals surface area (Å²) in [6.07, 6.45) is 2.72. The van der Waals surface area contributed by atoms with Crippen LogP contribution in [0, 0.1) is 5.92 Å². The van der Waals surface area contributed by atoms with Crippen molar-refractivity contribution in [2.24, 2.45) is 5.92 Å². The van der Waals surface area contributed by atoms with Gasteiger partial charge in [0.05, 0.1) is 0 Å². The maximum Gasteiger partial charge on any atom is 0.222 e. The van der Waals surface area contributed by atoms with Crippen LogP contribution in [-0.2, 0) is 4.79 Å². The van der Waals surface area contributed by atoms with E-state index in [1.807, 2.05) is 36.2 Å². The van der Waals surface area contributed by atoms with Crippen molar-refractivity contribution < 1.29 is 4.79 Å². The van der Waals surface area contributed by atoms with Crippen LogP contribution in [-0.4, -0.2) is 43.2 Å². The molecule has 0 radical (unpaired) electrons. The molecule has 2 rings (SSSR count). The molecule has 1 fully saturated rings. The normalized spacial score (nSPS) is 17.4. The van der Waals surface area contributed by atoms with Crippen LogP contribution in [0.2, 0.25) is 5.02 Å². The molecule has 1 atom stereocenters. The van der Waals surface area contributed by atoms with Gasteiger partial charge in [0, 0.05) is 29.4 Å². The predicted octanol–water partition coefficient (Wildman–Crippen LogP) is 3.70. The molecule has 0 aliphatic carbocycles. The summed E-state index contributed by atoms with van der Waals surface area (Å²) in [5.74, 6) is 1.91. The van der Waals surface area contributed by atoms with Crippen molar-refractivity contribution in [3.63, 3.8) is 0 Å². The Morgan fingerprint density at radius 1 is 1.41 bits per heavy atom. The molecule has 1 aliphatic heterocycles. The largest absolute Gasteiger partial charge is 0.342 e. The monoisotopic (exact) mass is 362 g/mol. The number of thioether (sulfide) groups is 1. The minimum atomic E-state index is 0. The lowest BCUT2D eigenvalue weighted by Gasteiger charge is -2.16. The molecule has 22 heavy (non-hydrogen) atoms. The lowest BCUT2D eigenvalue weighted by Crippen LogP contribution is -2.30. The Labute approximate surface area is 148 Å². The van der Waals surface area contributed by atoms with Crippen LogP contribution in [0.3, 0.4) is 0 Å². The van der Waals surface area contributed by atoms with Crippen molar-refractivity contribution in [2.75, 3.05) is 32.4 Å². The topological polar surface area (TPSA) is 32.3 Å². The second-order valence-corrected chi connectivity index (χ2v) is 7.06. The zero-order chi connectivity index (χ0) is 15.1. The van der Waals surface area contributed by atoms with Gasteiger partial charge in [-0.05, 0) is 62.4 Å². The molecular weight excluding hydrogens is 339 g/mol. The van der Waals surface area contributed by atoms with E-state index in [-0.39, 0.29) is 12.4 Å². The molecule has 1 unspecified atom stereocenters. The summed E-state index contributed by atoms with van der Waals surface area (Å²) in [7, 11) is 1.97. The maximum absolute atomic E-state index is 12.1. The first-order chi connectivity index (χ1) is 10.2. The van der Waals surface area contributed by atoms with Crippen LogP contribution in [0.5, 0.6) is 0 Å². The van der Waals surface area contributed by atoms with E-state index in [9.17, 15) is 4.79 Å². The molecule has 1 saturated heterocycles. The number of likely N-dealkylation sites (tertiary alicyclic amines) is 1. The maximum atomic E-state index is 12.1. The van der Waals surface area contributed by atoms with Crippen LogP contribution in [0.1, 0.15) is 19.3 Å². The Hall–Kier alpha value is -0.420. The fraction of sp³-hybridized carbons (Fsp3) is 0.562. The number of carbonyl (C=O) groups is 1. The molecule has 1 aromatic rings. The Balaban J connectivity index is 0.00000242. The van der Waals surface area contributed by atoms with Crippen LogP contribution in [0.4, 0.5) is 0 Å². The molecule has 1 N–H and O–H groups in total. The summed E-state index contributed by atoms with van der Waals surface area (Å²) in [6.45, 7) is 2.86. The number of hydrogen-bond donors (Lipinski definition) is 1. The predicted molar refractivity (Wildman–Crippen MR) is 97.3 cm³/mol. The van der Waals surface area contributed by atoms with Crippen molar-refractivity contribution in [1.82, 2.24) is 10.2 Å². The molecule has 1 aromatic carbocycles. The average molecular weight is 363 g/mol. The van der Waals surface area contributed by atoms with Crippen LogP contribution < -0.4 is 5.32 Å². The van der Waals surface area contributed by atoms with Crippen molar-refractivity contribution in [3.05, 3.63) is 29.3 Å². The fourth-order valence-electron chi connectivity index (χ4n) is 2.62. The zero-order valence-corrected chi connectivity index (χ0v) is 15.3. The molecule has 0 aromatic heterocycles. The molecule has 3 nitrogen and oxygen atoms in total. The number of hydrogen-bond acceptors (Lipinski definition) is 3. The molecule has 1 amide bonds. The van der Waals surface area contributed by atoms with Gasteiger partial charge in [0.1, 0.15) is 0 Å². The van der Waals surface area contributed by atoms with E-state index in [4.69, 9.17) is 11.6 Å². The van der Waals surface area contributed by atoms with E-state index >= 15 is 0 Å². The second kappa shape index (κ2) is 10.4. The minimum Gasteiger partial charge on any atom is -0.342 e. The van der Waals surface area contributed by atoms with Gasteiger partial charge in [0.2, 0.25) is 5.91 Å². The lowest BCUT2D eigenvalue weighted by atomic mass is 10.1. The average Bonchev–Trinajstić information content (AvgIpc) is 2.94. The van der Waals surface area contributed by atoms with E-state index in [2.05, 4.69) is 5.32 Å². The highest BCUT2D eigenvalue weighted by Gasteiger charge is 2.24. The second-order valence-electron chi connectivity index (χ2n) is 5.46. The van der Waals surface area contributed by atoms with Gasteiger partial charge >= 0.3 is 0 Å². The van der Waals surface area contributed by atoms with Gasteiger partial charge in [-0.25, -0.2) is 0 Å². The number of rotatable bonds is 7. The molecule has 6 heteroatoms. The number of halogens is 2. The van der Waals surface area contributed by atoms with E-state index < -0.39 is 0 Å². The van der Waals surface area contributed by atoms with E-state index in [1.54, 1.807) is 11.8 Å². The Morgan fingerprint density at radius 3 is 2.82 bits per heavy atom. The number of nitrogens with one attached hydrogen (secondary N) is 1. The molecule has 0 bridgehead atoms. The van der Waals surface area contributed by atoms with Crippen LogP contribution >= 0.6 is 35.8 Å². The first-order valence-electron chi connectivity index (χ1n) is 7.50. The van der Waals surface area contributed by atoms with Gasteiger partial charge in [-0.3, -0.25) is 4.79 Å². The molecule has 0 saturated carbocycles. The summed E-state index contributed by atoms with van der Waals surface area (Å²) in [5, 5.41) is 3.96. The van der Waals surface area contributed by atoms with Crippen molar-refractivity contribution in [1.29, 1.82) is 0 Å². The number of nitrogens with zero attached hydrogens (tertiary/aromatic N) is 1. The third-order valence-corrected chi connectivity index (χ3v) is 5.10. The summed E-state index contributed by atoms with van der Waals surface area (Å²) in [6, 6.07) is 7.86. The SMILES string of the molecule is CNCC1CCN(C(=O)CCCSc2ccc(Cl)cc2)C1.Cl. The number of carbonyl (C=O) groups excluding carboxylic acids is 1. The molecule has 1 heterocycles. The van der Waals surface area contributed by atoms with Crippen molar-refractivity contribution >= 4 is 41.7 Å². The summed E-state index contributed by atoms with van der Waals surface area (Å²) in [5.41, 5.74) is 0. The van der Waals surface area contributed by atoms with E-state index in [0.717, 1.165) is 43.3 Å². The van der Waals surface area contributed by atoms with Crippen LogP contribution in [0.25, 0.3) is 0 Å². The summed E-state index contributed by atoms with van der Waals surface area (Å²) >= 11 is 7.64. The number of benzene rings is 1. The lowest BCUT2D eigenvalue weighted by molar-refractivity contribution is -0.130. The molecule has 0 spiro atoms. The smallest absolute Gasteiger partial charge is 0.222 e. The highest BCUT2D eigenvalue weighted by atomic mass is 35.5. The standard InChI is InChI=1S/C16H23ClN2OS.ClH/c1-18-11-13-8-9-19(12-13)16(20)3-2-10-21-15-6-4-14(17)5-7-15;/h4-7,13,18H,2-3,8-12H2,1H3;1H. The highest BCUT2D eigenvalue weighted by Crippen LogP contribution is 2.22. The first-order valence-corrected chi connectivity index (χ1v) is 8.86. The van der Waals surface area contributed by atoms with E-state index in [1.165, 1.54) is 4.90 Å². The van der Waals surface area contributed by atoms with Crippen LogP contribution in [0.15, 0.2) is 29.2 Å². The summed E-state index contributed by atoms with van der Waals surface area (Å²) < 4.78 is 0. The fourth-order valence-corrected chi connectivity index (χ4v) is 3.60. The first kappa shape index (κ1) is 19.6. The Morgan fingerprint density at radius 2 is 2.14 bits per heavy atom.